The number of hydrogen-bond donors (Lipinski definition) is 1. The molecule has 72 valence electrons. The van der Waals surface area contributed by atoms with Crippen LogP contribution in [-0.4, -0.2) is 15.6 Å². The fraction of sp³-hybridized carbons (Fsp3) is 0.182. The van der Waals surface area contributed by atoms with Gasteiger partial charge in [-0.25, -0.2) is 0 Å². The first kappa shape index (κ1) is 8.81. The standard InChI is InChI=1S/C11H11NO2/c1-8-3-2-4-10-9(8)5-6-12(10)7-11(13)14/h2-6H,7H2,1H3,(H,13,14). The molecular weight excluding hydrogens is 178 g/mol. The van der Waals surface area contributed by atoms with Crippen molar-refractivity contribution in [3.05, 3.63) is 36.0 Å². The summed E-state index contributed by atoms with van der Waals surface area (Å²) in [5.41, 5.74) is 2.15. The zero-order valence-corrected chi connectivity index (χ0v) is 7.90. The second kappa shape index (κ2) is 3.18. The quantitative estimate of drug-likeness (QED) is 0.785. The van der Waals surface area contributed by atoms with E-state index in [0.717, 1.165) is 10.9 Å². The van der Waals surface area contributed by atoms with Crippen molar-refractivity contribution in [2.45, 2.75) is 13.5 Å². The van der Waals surface area contributed by atoms with Gasteiger partial charge < -0.3 is 9.67 Å². The van der Waals surface area contributed by atoms with Gasteiger partial charge in [0.15, 0.2) is 0 Å². The number of benzene rings is 1. The minimum Gasteiger partial charge on any atom is -0.480 e. The molecule has 0 spiro atoms. The topological polar surface area (TPSA) is 42.2 Å². The highest BCUT2D eigenvalue weighted by Gasteiger charge is 2.04. The summed E-state index contributed by atoms with van der Waals surface area (Å²) in [6.07, 6.45) is 1.81. The second-order valence-corrected chi connectivity index (χ2v) is 3.35. The minimum atomic E-state index is -0.816. The van der Waals surface area contributed by atoms with E-state index < -0.39 is 5.97 Å². The number of carboxylic acids is 1. The zero-order chi connectivity index (χ0) is 10.1. The second-order valence-electron chi connectivity index (χ2n) is 3.35. The fourth-order valence-corrected chi connectivity index (χ4v) is 1.66. The molecule has 0 atom stereocenters. The summed E-state index contributed by atoms with van der Waals surface area (Å²) in [5.74, 6) is -0.816. The van der Waals surface area contributed by atoms with Crippen molar-refractivity contribution in [2.24, 2.45) is 0 Å². The number of carbonyl (C=O) groups is 1. The van der Waals surface area contributed by atoms with Crippen LogP contribution in [0.4, 0.5) is 0 Å². The lowest BCUT2D eigenvalue weighted by Gasteiger charge is -2.01. The van der Waals surface area contributed by atoms with Gasteiger partial charge in [-0.15, -0.1) is 0 Å². The van der Waals surface area contributed by atoms with Crippen molar-refractivity contribution in [3.8, 4) is 0 Å². The van der Waals surface area contributed by atoms with E-state index in [1.807, 2.05) is 37.4 Å². The number of carboxylic acid groups (broad SMARTS) is 1. The van der Waals surface area contributed by atoms with Crippen molar-refractivity contribution in [2.75, 3.05) is 0 Å². The zero-order valence-electron chi connectivity index (χ0n) is 7.90. The number of hydrogen-bond acceptors (Lipinski definition) is 1. The summed E-state index contributed by atoms with van der Waals surface area (Å²) in [6.45, 7) is 2.04. The molecule has 0 aliphatic rings. The van der Waals surface area contributed by atoms with E-state index >= 15 is 0 Å². The Morgan fingerprint density at radius 3 is 2.93 bits per heavy atom. The van der Waals surface area contributed by atoms with E-state index in [9.17, 15) is 4.79 Å². The van der Waals surface area contributed by atoms with Crippen LogP contribution in [-0.2, 0) is 11.3 Å². The van der Waals surface area contributed by atoms with E-state index in [-0.39, 0.29) is 6.54 Å². The summed E-state index contributed by atoms with van der Waals surface area (Å²) in [7, 11) is 0. The molecule has 0 bridgehead atoms. The van der Waals surface area contributed by atoms with Crippen LogP contribution in [0.5, 0.6) is 0 Å². The van der Waals surface area contributed by atoms with Gasteiger partial charge in [-0.05, 0) is 24.6 Å². The monoisotopic (exact) mass is 189 g/mol. The van der Waals surface area contributed by atoms with Crippen LogP contribution in [0.15, 0.2) is 30.5 Å². The molecule has 2 rings (SSSR count). The lowest BCUT2D eigenvalue weighted by molar-refractivity contribution is -0.137. The number of aryl methyl sites for hydroxylation is 1. The van der Waals surface area contributed by atoms with Crippen LogP contribution in [0, 0.1) is 6.92 Å². The van der Waals surface area contributed by atoms with Gasteiger partial charge in [-0.1, -0.05) is 12.1 Å². The molecule has 0 fully saturated rings. The summed E-state index contributed by atoms with van der Waals surface area (Å²) >= 11 is 0. The third kappa shape index (κ3) is 1.37. The number of nitrogens with zero attached hydrogens (tertiary/aromatic N) is 1. The Kier molecular flexibility index (Phi) is 2.00. The number of aromatic nitrogens is 1. The highest BCUT2D eigenvalue weighted by Crippen LogP contribution is 2.19. The van der Waals surface area contributed by atoms with Gasteiger partial charge in [0.1, 0.15) is 6.54 Å². The largest absolute Gasteiger partial charge is 0.480 e. The smallest absolute Gasteiger partial charge is 0.323 e. The normalized spacial score (nSPS) is 10.6. The third-order valence-electron chi connectivity index (χ3n) is 2.34. The molecule has 1 aromatic carbocycles. The lowest BCUT2D eigenvalue weighted by atomic mass is 10.1. The highest BCUT2D eigenvalue weighted by molar-refractivity contribution is 5.84. The molecule has 1 aromatic heterocycles. The number of aliphatic carboxylic acids is 1. The fourth-order valence-electron chi connectivity index (χ4n) is 1.66. The molecule has 0 saturated heterocycles. The molecule has 0 aliphatic carbocycles. The first-order chi connectivity index (χ1) is 6.68. The van der Waals surface area contributed by atoms with Gasteiger partial charge in [0.25, 0.3) is 0 Å². The minimum absolute atomic E-state index is 0.0208. The van der Waals surface area contributed by atoms with Crippen LogP contribution >= 0.6 is 0 Å². The van der Waals surface area contributed by atoms with Crippen LogP contribution in [0.25, 0.3) is 10.9 Å². The molecule has 0 amide bonds. The van der Waals surface area contributed by atoms with Crippen LogP contribution in [0.1, 0.15) is 5.56 Å². The maximum atomic E-state index is 10.6. The van der Waals surface area contributed by atoms with Gasteiger partial charge >= 0.3 is 5.97 Å². The van der Waals surface area contributed by atoms with Crippen molar-refractivity contribution in [1.82, 2.24) is 4.57 Å². The SMILES string of the molecule is Cc1cccc2c1ccn2CC(=O)O. The Morgan fingerprint density at radius 2 is 2.21 bits per heavy atom. The van der Waals surface area contributed by atoms with E-state index in [1.165, 1.54) is 5.56 Å². The van der Waals surface area contributed by atoms with Crippen LogP contribution in [0.3, 0.4) is 0 Å². The Hall–Kier alpha value is -1.77. The molecule has 3 heteroatoms. The first-order valence-corrected chi connectivity index (χ1v) is 4.45. The predicted octanol–water partition coefficient (Wildman–Crippen LogP) is 2.03. The number of rotatable bonds is 2. The van der Waals surface area contributed by atoms with E-state index in [2.05, 4.69) is 0 Å². The Labute approximate surface area is 81.6 Å². The number of fused-ring (bicyclic) bond motifs is 1. The van der Waals surface area contributed by atoms with E-state index in [1.54, 1.807) is 4.57 Å². The summed E-state index contributed by atoms with van der Waals surface area (Å²) < 4.78 is 1.74. The van der Waals surface area contributed by atoms with E-state index in [4.69, 9.17) is 5.11 Å². The van der Waals surface area contributed by atoms with Crippen molar-refractivity contribution < 1.29 is 9.90 Å². The van der Waals surface area contributed by atoms with E-state index in [0.29, 0.717) is 0 Å². The molecule has 14 heavy (non-hydrogen) atoms. The summed E-state index contributed by atoms with van der Waals surface area (Å²) in [5, 5.41) is 9.81. The molecule has 0 unspecified atom stereocenters. The first-order valence-electron chi connectivity index (χ1n) is 4.45. The van der Waals surface area contributed by atoms with Crippen molar-refractivity contribution >= 4 is 16.9 Å². The molecule has 0 aliphatic heterocycles. The molecule has 0 radical (unpaired) electrons. The molecule has 1 heterocycles. The molecular formula is C11H11NO2. The summed E-state index contributed by atoms with van der Waals surface area (Å²) in [6, 6.07) is 7.85. The lowest BCUT2D eigenvalue weighted by Crippen LogP contribution is -2.07. The Bertz CT molecular complexity index is 485. The maximum Gasteiger partial charge on any atom is 0.323 e. The maximum absolute atomic E-state index is 10.6. The van der Waals surface area contributed by atoms with Gasteiger partial charge in [0.2, 0.25) is 0 Å². The average molecular weight is 189 g/mol. The van der Waals surface area contributed by atoms with Crippen molar-refractivity contribution in [1.29, 1.82) is 0 Å². The summed E-state index contributed by atoms with van der Waals surface area (Å²) in [4.78, 5) is 10.6. The van der Waals surface area contributed by atoms with Crippen LogP contribution in [0.2, 0.25) is 0 Å². The highest BCUT2D eigenvalue weighted by atomic mass is 16.4. The predicted molar refractivity (Wildman–Crippen MR) is 54.3 cm³/mol. The van der Waals surface area contributed by atoms with Crippen LogP contribution < -0.4 is 0 Å². The average Bonchev–Trinajstić information content (AvgIpc) is 2.49. The van der Waals surface area contributed by atoms with Crippen molar-refractivity contribution in [3.63, 3.8) is 0 Å². The molecule has 3 nitrogen and oxygen atoms in total. The van der Waals surface area contributed by atoms with Gasteiger partial charge in [-0.3, -0.25) is 4.79 Å². The van der Waals surface area contributed by atoms with Gasteiger partial charge in [-0.2, -0.15) is 0 Å². The molecule has 0 saturated carbocycles. The Morgan fingerprint density at radius 1 is 1.43 bits per heavy atom. The molecule has 1 N–H and O–H groups in total. The third-order valence-corrected chi connectivity index (χ3v) is 2.34. The van der Waals surface area contributed by atoms with Gasteiger partial charge in [0, 0.05) is 17.1 Å². The Balaban J connectivity index is 2.58. The van der Waals surface area contributed by atoms with Gasteiger partial charge in [0.05, 0.1) is 0 Å². The molecule has 2 aromatic rings.